The second kappa shape index (κ2) is 7.49. The Hall–Kier alpha value is -4.54. The van der Waals surface area contributed by atoms with Crippen molar-refractivity contribution in [1.29, 1.82) is 0 Å². The first-order chi connectivity index (χ1) is 16.9. The molecule has 2 aliphatic heterocycles. The average molecular weight is 475 g/mol. The van der Waals surface area contributed by atoms with E-state index < -0.39 is 29.0 Å². The number of carbonyl (C=O) groups is 3. The number of methoxy groups -OCH3 is 1. The van der Waals surface area contributed by atoms with Crippen molar-refractivity contribution in [2.45, 2.75) is 18.4 Å². The van der Waals surface area contributed by atoms with E-state index in [0.29, 0.717) is 22.4 Å². The summed E-state index contributed by atoms with van der Waals surface area (Å²) < 4.78 is 25.8. The van der Waals surface area contributed by atoms with E-state index in [2.05, 4.69) is 20.5 Å². The number of carbonyl (C=O) groups excluding carboxylic acids is 3. The molecule has 4 aromatic rings. The van der Waals surface area contributed by atoms with Gasteiger partial charge >= 0.3 is 0 Å². The van der Waals surface area contributed by atoms with Crippen LogP contribution in [-0.2, 0) is 21.5 Å². The predicted octanol–water partition coefficient (Wildman–Crippen LogP) is 2.31. The molecule has 0 aliphatic carbocycles. The third-order valence-electron chi connectivity index (χ3n) is 6.53. The summed E-state index contributed by atoms with van der Waals surface area (Å²) in [5.74, 6) is -2.25. The highest BCUT2D eigenvalue weighted by atomic mass is 19.1. The van der Waals surface area contributed by atoms with Crippen LogP contribution in [0, 0.1) is 5.82 Å². The summed E-state index contributed by atoms with van der Waals surface area (Å²) in [6.07, 6.45) is 3.11. The number of pyridine rings is 1. The predicted molar refractivity (Wildman–Crippen MR) is 119 cm³/mol. The molecule has 0 spiro atoms. The number of aromatic amines is 1. The van der Waals surface area contributed by atoms with E-state index in [9.17, 15) is 18.8 Å². The van der Waals surface area contributed by atoms with Crippen LogP contribution in [-0.4, -0.2) is 51.5 Å². The van der Waals surface area contributed by atoms with Gasteiger partial charge in [-0.3, -0.25) is 24.8 Å². The summed E-state index contributed by atoms with van der Waals surface area (Å²) in [4.78, 5) is 44.5. The number of halogens is 1. The Bertz CT molecular complexity index is 1530. The molecule has 0 bridgehead atoms. The van der Waals surface area contributed by atoms with Crippen LogP contribution in [0.2, 0.25) is 0 Å². The van der Waals surface area contributed by atoms with Gasteiger partial charge < -0.3 is 14.1 Å². The highest BCUT2D eigenvalue weighted by Gasteiger charge is 2.53. The zero-order chi connectivity index (χ0) is 24.3. The number of rotatable bonds is 5. The molecule has 10 nitrogen and oxygen atoms in total. The number of amides is 3. The van der Waals surface area contributed by atoms with Crippen molar-refractivity contribution in [2.24, 2.45) is 0 Å². The van der Waals surface area contributed by atoms with Crippen LogP contribution in [0.15, 0.2) is 47.1 Å². The van der Waals surface area contributed by atoms with Crippen molar-refractivity contribution in [3.8, 4) is 17.0 Å². The van der Waals surface area contributed by atoms with Gasteiger partial charge in [0.15, 0.2) is 17.1 Å². The van der Waals surface area contributed by atoms with Gasteiger partial charge in [-0.1, -0.05) is 6.07 Å². The number of H-pyrrole nitrogens is 1. The molecule has 6 rings (SSSR count). The molecule has 0 unspecified atom stereocenters. The van der Waals surface area contributed by atoms with E-state index in [1.807, 2.05) is 0 Å². The molecule has 3 amide bonds. The summed E-state index contributed by atoms with van der Waals surface area (Å²) in [7, 11) is 1.32. The Labute approximate surface area is 197 Å². The Morgan fingerprint density at radius 1 is 1.23 bits per heavy atom. The maximum Gasteiger partial charge on any atom is 0.257 e. The number of benzene rings is 1. The van der Waals surface area contributed by atoms with E-state index >= 15 is 0 Å². The molecule has 1 aromatic carbocycles. The number of hydrogen-bond acceptors (Lipinski definition) is 7. The summed E-state index contributed by atoms with van der Waals surface area (Å²) in [5, 5.41) is 8.98. The van der Waals surface area contributed by atoms with Crippen molar-refractivity contribution in [3.63, 3.8) is 0 Å². The lowest BCUT2D eigenvalue weighted by Gasteiger charge is -2.28. The van der Waals surface area contributed by atoms with Gasteiger partial charge in [0.05, 0.1) is 31.0 Å². The van der Waals surface area contributed by atoms with Gasteiger partial charge in [0.1, 0.15) is 16.7 Å². The Morgan fingerprint density at radius 3 is 2.80 bits per heavy atom. The number of aromatic nitrogens is 3. The van der Waals surface area contributed by atoms with Crippen molar-refractivity contribution >= 4 is 28.8 Å². The maximum atomic E-state index is 14.8. The fourth-order valence-electron chi connectivity index (χ4n) is 4.77. The Morgan fingerprint density at radius 2 is 2.09 bits per heavy atom. The fraction of sp³-hybridized carbons (Fsp3) is 0.208. The SMILES string of the molecule is COc1ccc2c(c1F)C(=O)N(C[C@@]1(c3cc4nc(-c5cn[nH]c5)ccc4o3)CC(=O)NC1=O)C2. The van der Waals surface area contributed by atoms with E-state index in [1.54, 1.807) is 36.7 Å². The van der Waals surface area contributed by atoms with E-state index in [4.69, 9.17) is 9.15 Å². The third kappa shape index (κ3) is 3.11. The van der Waals surface area contributed by atoms with Crippen molar-refractivity contribution in [3.05, 3.63) is 65.4 Å². The van der Waals surface area contributed by atoms with Gasteiger partial charge in [-0.2, -0.15) is 5.10 Å². The first kappa shape index (κ1) is 21.0. The molecule has 1 fully saturated rings. The van der Waals surface area contributed by atoms with Crippen LogP contribution in [0.1, 0.15) is 28.1 Å². The molecule has 1 atom stereocenters. The second-order valence-corrected chi connectivity index (χ2v) is 8.59. The van der Waals surface area contributed by atoms with Crippen molar-refractivity contribution in [2.75, 3.05) is 13.7 Å². The fourth-order valence-corrected chi connectivity index (χ4v) is 4.77. The molecule has 2 aliphatic rings. The number of fused-ring (bicyclic) bond motifs is 2. The smallest absolute Gasteiger partial charge is 0.257 e. The molecular weight excluding hydrogens is 457 g/mol. The van der Waals surface area contributed by atoms with Gasteiger partial charge in [-0.05, 0) is 23.8 Å². The molecule has 5 heterocycles. The summed E-state index contributed by atoms with van der Waals surface area (Å²) in [6, 6.07) is 8.15. The summed E-state index contributed by atoms with van der Waals surface area (Å²) in [6.45, 7) is -0.0876. The first-order valence-electron chi connectivity index (χ1n) is 10.8. The molecule has 11 heteroatoms. The maximum absolute atomic E-state index is 14.8. The van der Waals surface area contributed by atoms with Crippen LogP contribution < -0.4 is 10.1 Å². The van der Waals surface area contributed by atoms with E-state index in [-0.39, 0.29) is 36.6 Å². The van der Waals surface area contributed by atoms with Crippen LogP contribution >= 0.6 is 0 Å². The van der Waals surface area contributed by atoms with Crippen molar-refractivity contribution in [1.82, 2.24) is 25.4 Å². The minimum Gasteiger partial charge on any atom is -0.494 e. The van der Waals surface area contributed by atoms with E-state index in [1.165, 1.54) is 18.1 Å². The van der Waals surface area contributed by atoms with Gasteiger partial charge in [-0.15, -0.1) is 0 Å². The first-order valence-corrected chi connectivity index (χ1v) is 10.8. The molecule has 1 saturated heterocycles. The monoisotopic (exact) mass is 475 g/mol. The molecule has 0 saturated carbocycles. The zero-order valence-corrected chi connectivity index (χ0v) is 18.4. The van der Waals surface area contributed by atoms with Gasteiger partial charge in [0, 0.05) is 30.9 Å². The van der Waals surface area contributed by atoms with Crippen molar-refractivity contribution < 1.29 is 27.9 Å². The number of nitrogens with zero attached hydrogens (tertiary/aromatic N) is 3. The summed E-state index contributed by atoms with van der Waals surface area (Å²) >= 11 is 0. The van der Waals surface area contributed by atoms with Gasteiger partial charge in [-0.25, -0.2) is 9.37 Å². The normalized spacial score (nSPS) is 19.5. The summed E-state index contributed by atoms with van der Waals surface area (Å²) in [5.41, 5.74) is 1.23. The van der Waals surface area contributed by atoms with E-state index in [0.717, 1.165) is 5.56 Å². The highest BCUT2D eigenvalue weighted by Crippen LogP contribution is 2.40. The molecule has 0 radical (unpaired) electrons. The molecular formula is C24H18FN5O5. The lowest BCUT2D eigenvalue weighted by molar-refractivity contribution is -0.127. The minimum atomic E-state index is -1.48. The molecule has 3 aromatic heterocycles. The molecule has 2 N–H and O–H groups in total. The Balaban J connectivity index is 1.40. The highest BCUT2D eigenvalue weighted by molar-refractivity contribution is 6.10. The van der Waals surface area contributed by atoms with Gasteiger partial charge in [0.2, 0.25) is 11.8 Å². The standard InChI is InChI=1S/C24H18FN5O5/c1-34-17-4-2-12-10-30(22(32)20(12)21(17)25)11-24(7-19(31)29-23(24)33)18-6-15-16(35-18)5-3-14(28-15)13-8-26-27-9-13/h2-6,8-9H,7,10-11H2,1H3,(H,26,27)(H,29,31,33)/t24-/m1/s1. The Kier molecular flexibility index (Phi) is 4.50. The van der Waals surface area contributed by atoms with Crippen LogP contribution in [0.5, 0.6) is 5.75 Å². The lowest BCUT2D eigenvalue weighted by Crippen LogP contribution is -2.46. The largest absolute Gasteiger partial charge is 0.494 e. The molecule has 35 heavy (non-hydrogen) atoms. The lowest BCUT2D eigenvalue weighted by atomic mass is 9.82. The van der Waals surface area contributed by atoms with Gasteiger partial charge in [0.25, 0.3) is 5.91 Å². The second-order valence-electron chi connectivity index (χ2n) is 8.59. The number of nitrogens with one attached hydrogen (secondary N) is 2. The number of imide groups is 1. The zero-order valence-electron chi connectivity index (χ0n) is 18.4. The number of ether oxygens (including phenoxy) is 1. The van der Waals surface area contributed by atoms with Crippen LogP contribution in [0.4, 0.5) is 4.39 Å². The average Bonchev–Trinajstić information content (AvgIpc) is 3.61. The van der Waals surface area contributed by atoms with Crippen LogP contribution in [0.3, 0.4) is 0 Å². The third-order valence-corrected chi connectivity index (χ3v) is 6.53. The quantitative estimate of drug-likeness (QED) is 0.424. The number of hydrogen-bond donors (Lipinski definition) is 2. The minimum absolute atomic E-state index is 0.0424. The molecule has 176 valence electrons. The number of furan rings is 1. The van der Waals surface area contributed by atoms with Crippen LogP contribution in [0.25, 0.3) is 22.4 Å². The topological polar surface area (TPSA) is 130 Å².